The first-order valence-corrected chi connectivity index (χ1v) is 8.50. The van der Waals surface area contributed by atoms with E-state index in [2.05, 4.69) is 5.32 Å². The fraction of sp³-hybridized carbons (Fsp3) is 0.412. The lowest BCUT2D eigenvalue weighted by Crippen LogP contribution is -2.49. The Bertz CT molecular complexity index is 912. The number of nitrogens with one attached hydrogen (secondary N) is 1. The third-order valence-corrected chi connectivity index (χ3v) is 4.85. The number of fused-ring (bicyclic) bond motifs is 1. The summed E-state index contributed by atoms with van der Waals surface area (Å²) in [6.07, 6.45) is 1.50. The molecule has 1 atom stereocenters. The van der Waals surface area contributed by atoms with Crippen molar-refractivity contribution < 1.29 is 14.3 Å². The van der Waals surface area contributed by atoms with Crippen LogP contribution in [0.25, 0.3) is 5.52 Å². The first-order chi connectivity index (χ1) is 11.8. The summed E-state index contributed by atoms with van der Waals surface area (Å²) in [6, 6.07) is 1.51. The van der Waals surface area contributed by atoms with Crippen molar-refractivity contribution in [2.24, 2.45) is 0 Å². The highest BCUT2D eigenvalue weighted by Gasteiger charge is 2.25. The normalized spacial score (nSPS) is 17.9. The van der Waals surface area contributed by atoms with E-state index < -0.39 is 22.9 Å². The second-order valence-electron chi connectivity index (χ2n) is 6.21. The zero-order valence-electron chi connectivity index (χ0n) is 14.0. The average molecular weight is 368 g/mol. The summed E-state index contributed by atoms with van der Waals surface area (Å²) in [7, 11) is 0. The van der Waals surface area contributed by atoms with Crippen LogP contribution < -0.4 is 15.8 Å². The molecular weight excluding hydrogens is 349 g/mol. The number of halogens is 2. The number of aryl methyl sites for hydroxylation is 1. The van der Waals surface area contributed by atoms with Gasteiger partial charge in [-0.2, -0.15) is 0 Å². The molecule has 0 aliphatic carbocycles. The van der Waals surface area contributed by atoms with Gasteiger partial charge in [-0.3, -0.25) is 9.20 Å². The van der Waals surface area contributed by atoms with Crippen LogP contribution in [0.1, 0.15) is 29.8 Å². The summed E-state index contributed by atoms with van der Waals surface area (Å²) >= 11 is 6.51. The topological polar surface area (TPSA) is 74.0 Å². The van der Waals surface area contributed by atoms with Gasteiger partial charge >= 0.3 is 5.97 Å². The van der Waals surface area contributed by atoms with Gasteiger partial charge in [0.25, 0.3) is 5.56 Å². The monoisotopic (exact) mass is 367 g/mol. The van der Waals surface area contributed by atoms with E-state index in [0.717, 1.165) is 10.6 Å². The number of nitrogens with zero attached hydrogens (tertiary/aromatic N) is 2. The quantitative estimate of drug-likeness (QED) is 0.869. The Labute approximate surface area is 148 Å². The first kappa shape index (κ1) is 17.7. The van der Waals surface area contributed by atoms with Crippen molar-refractivity contribution in [3.8, 4) is 0 Å². The number of piperazine rings is 1. The molecule has 1 fully saturated rings. The lowest BCUT2D eigenvalue weighted by Gasteiger charge is -2.34. The molecule has 2 aromatic heterocycles. The minimum absolute atomic E-state index is 0.139. The minimum Gasteiger partial charge on any atom is -0.477 e. The fourth-order valence-electron chi connectivity index (χ4n) is 3.30. The van der Waals surface area contributed by atoms with Gasteiger partial charge in [-0.1, -0.05) is 18.5 Å². The van der Waals surface area contributed by atoms with E-state index in [1.165, 1.54) is 6.07 Å². The summed E-state index contributed by atoms with van der Waals surface area (Å²) in [4.78, 5) is 25.6. The summed E-state index contributed by atoms with van der Waals surface area (Å²) < 4.78 is 15.8. The van der Waals surface area contributed by atoms with Gasteiger partial charge in [0.2, 0.25) is 0 Å². The lowest BCUT2D eigenvalue weighted by atomic mass is 10.1. The zero-order chi connectivity index (χ0) is 18.3. The van der Waals surface area contributed by atoms with Crippen LogP contribution >= 0.6 is 11.6 Å². The van der Waals surface area contributed by atoms with Gasteiger partial charge in [0.1, 0.15) is 5.56 Å². The number of pyridine rings is 2. The molecule has 1 aliphatic rings. The van der Waals surface area contributed by atoms with Gasteiger partial charge in [-0.25, -0.2) is 9.18 Å². The Kier molecular flexibility index (Phi) is 4.71. The van der Waals surface area contributed by atoms with Crippen molar-refractivity contribution in [3.05, 3.63) is 44.6 Å². The lowest BCUT2D eigenvalue weighted by molar-refractivity contribution is 0.0694. The number of carboxylic acid groups (broad SMARTS) is 1. The second kappa shape index (κ2) is 6.65. The SMILES string of the molecule is CCc1cc(C(=O)O)c(=O)n2cc(F)c(N3CCNC(C)C3)c(Cl)c12. The van der Waals surface area contributed by atoms with Gasteiger partial charge in [0.05, 0.1) is 22.4 Å². The van der Waals surface area contributed by atoms with Crippen molar-refractivity contribution in [1.82, 2.24) is 9.72 Å². The van der Waals surface area contributed by atoms with E-state index in [0.29, 0.717) is 37.1 Å². The number of hydrogen-bond donors (Lipinski definition) is 2. The smallest absolute Gasteiger partial charge is 0.341 e. The van der Waals surface area contributed by atoms with Crippen molar-refractivity contribution in [1.29, 1.82) is 0 Å². The van der Waals surface area contributed by atoms with Crippen molar-refractivity contribution in [3.63, 3.8) is 0 Å². The highest BCUT2D eigenvalue weighted by molar-refractivity contribution is 6.36. The Morgan fingerprint density at radius 3 is 2.84 bits per heavy atom. The molecule has 0 aromatic carbocycles. The van der Waals surface area contributed by atoms with Crippen LogP contribution in [0.5, 0.6) is 0 Å². The highest BCUT2D eigenvalue weighted by Crippen LogP contribution is 2.34. The van der Waals surface area contributed by atoms with Crippen molar-refractivity contribution in [2.45, 2.75) is 26.3 Å². The largest absolute Gasteiger partial charge is 0.477 e. The number of carbonyl (C=O) groups is 1. The number of aromatic carboxylic acids is 1. The minimum atomic E-state index is -1.34. The molecule has 8 heteroatoms. The zero-order valence-corrected chi connectivity index (χ0v) is 14.7. The van der Waals surface area contributed by atoms with Gasteiger partial charge in [-0.15, -0.1) is 0 Å². The van der Waals surface area contributed by atoms with E-state index >= 15 is 0 Å². The molecule has 1 aliphatic heterocycles. The number of hydrogen-bond acceptors (Lipinski definition) is 4. The van der Waals surface area contributed by atoms with E-state index in [1.807, 2.05) is 18.7 Å². The standard InChI is InChI=1S/C17H19ClFN3O3/c1-3-10-6-11(17(24)25)16(23)22-8-12(19)15(13(18)14(10)22)21-5-4-20-9(2)7-21/h6,8-9,20H,3-5,7H2,1-2H3,(H,24,25). The summed E-state index contributed by atoms with van der Waals surface area (Å²) in [5.41, 5.74) is 0.0227. The molecule has 3 heterocycles. The maximum atomic E-state index is 14.8. The first-order valence-electron chi connectivity index (χ1n) is 8.13. The molecule has 2 aromatic rings. The molecular formula is C17H19ClFN3O3. The van der Waals surface area contributed by atoms with E-state index in [-0.39, 0.29) is 16.8 Å². The molecule has 6 nitrogen and oxygen atoms in total. The Balaban J connectivity index is 2.31. The molecule has 0 radical (unpaired) electrons. The molecule has 3 rings (SSSR count). The van der Waals surface area contributed by atoms with Crippen LogP contribution in [0.4, 0.5) is 10.1 Å². The maximum absolute atomic E-state index is 14.8. The average Bonchev–Trinajstić information content (AvgIpc) is 2.55. The molecule has 0 bridgehead atoms. The van der Waals surface area contributed by atoms with E-state index in [4.69, 9.17) is 11.6 Å². The number of aromatic nitrogens is 1. The van der Waals surface area contributed by atoms with E-state index in [1.54, 1.807) is 0 Å². The van der Waals surface area contributed by atoms with Crippen LogP contribution in [-0.2, 0) is 6.42 Å². The third-order valence-electron chi connectivity index (χ3n) is 4.49. The molecule has 1 unspecified atom stereocenters. The number of anilines is 1. The molecule has 0 spiro atoms. The summed E-state index contributed by atoms with van der Waals surface area (Å²) in [6.45, 7) is 5.72. The van der Waals surface area contributed by atoms with Crippen LogP contribution in [0.15, 0.2) is 17.1 Å². The Hall–Kier alpha value is -2.12. The van der Waals surface area contributed by atoms with Crippen LogP contribution in [0.2, 0.25) is 5.02 Å². The van der Waals surface area contributed by atoms with Gasteiger partial charge in [-0.05, 0) is 25.0 Å². The number of rotatable bonds is 3. The van der Waals surface area contributed by atoms with Crippen LogP contribution in [0.3, 0.4) is 0 Å². The molecule has 25 heavy (non-hydrogen) atoms. The van der Waals surface area contributed by atoms with Gasteiger partial charge in [0, 0.05) is 25.7 Å². The van der Waals surface area contributed by atoms with E-state index in [9.17, 15) is 19.1 Å². The number of carboxylic acids is 1. The second-order valence-corrected chi connectivity index (χ2v) is 6.58. The van der Waals surface area contributed by atoms with Gasteiger partial charge in [0.15, 0.2) is 5.82 Å². The maximum Gasteiger partial charge on any atom is 0.341 e. The van der Waals surface area contributed by atoms with Crippen LogP contribution in [-0.4, -0.2) is 41.2 Å². The molecule has 134 valence electrons. The third kappa shape index (κ3) is 2.98. The molecule has 2 N–H and O–H groups in total. The Morgan fingerprint density at radius 1 is 1.52 bits per heavy atom. The van der Waals surface area contributed by atoms with Crippen molar-refractivity contribution >= 4 is 28.8 Å². The fourth-order valence-corrected chi connectivity index (χ4v) is 3.72. The Morgan fingerprint density at radius 2 is 2.24 bits per heavy atom. The highest BCUT2D eigenvalue weighted by atomic mass is 35.5. The molecule has 0 amide bonds. The predicted octanol–water partition coefficient (Wildman–Crippen LogP) is 2.15. The van der Waals surface area contributed by atoms with Crippen molar-refractivity contribution in [2.75, 3.05) is 24.5 Å². The van der Waals surface area contributed by atoms with Crippen LogP contribution in [0, 0.1) is 5.82 Å². The molecule has 0 saturated carbocycles. The molecule has 1 saturated heterocycles. The summed E-state index contributed by atoms with van der Waals surface area (Å²) in [5.74, 6) is -1.98. The predicted molar refractivity (Wildman–Crippen MR) is 94.7 cm³/mol. The van der Waals surface area contributed by atoms with Gasteiger partial charge < -0.3 is 15.3 Å². The summed E-state index contributed by atoms with van der Waals surface area (Å²) in [5, 5.41) is 12.6.